The summed E-state index contributed by atoms with van der Waals surface area (Å²) in [5, 5.41) is 9.20. The van der Waals surface area contributed by atoms with Crippen molar-refractivity contribution in [2.45, 2.75) is 11.0 Å². The summed E-state index contributed by atoms with van der Waals surface area (Å²) in [7, 11) is -3.80. The lowest BCUT2D eigenvalue weighted by atomic mass is 10.2. The highest BCUT2D eigenvalue weighted by atomic mass is 32.2. The van der Waals surface area contributed by atoms with E-state index >= 15 is 0 Å². The van der Waals surface area contributed by atoms with Crippen LogP contribution in [-0.2, 0) is 14.8 Å². The zero-order valence-corrected chi connectivity index (χ0v) is 16.3. The van der Waals surface area contributed by atoms with E-state index in [1.54, 1.807) is 35.2 Å². The number of sulfonamides is 1. The Morgan fingerprint density at radius 1 is 1.00 bits per heavy atom. The van der Waals surface area contributed by atoms with Crippen molar-refractivity contribution in [2.24, 2.45) is 0 Å². The third kappa shape index (κ3) is 3.64. The highest BCUT2D eigenvalue weighted by molar-refractivity contribution is 7.89. The van der Waals surface area contributed by atoms with Crippen LogP contribution in [0, 0.1) is 11.3 Å². The Morgan fingerprint density at radius 2 is 1.66 bits per heavy atom. The standard InChI is InChI=1S/C20H19N3O5S/c21-13-15-5-1-4-8-19(15)29(25,26)23-11-9-22(10-12-23)20(24)18-14-27-16-6-2-3-7-17(16)28-18/h1-8,18H,9-12,14H2/t18-/m1/s1. The van der Waals surface area contributed by atoms with E-state index in [9.17, 15) is 18.5 Å². The molecule has 2 aromatic carbocycles. The monoisotopic (exact) mass is 413 g/mol. The van der Waals surface area contributed by atoms with Gasteiger partial charge in [-0.05, 0) is 24.3 Å². The van der Waals surface area contributed by atoms with Gasteiger partial charge in [-0.2, -0.15) is 9.57 Å². The smallest absolute Gasteiger partial charge is 0.267 e. The summed E-state index contributed by atoms with van der Waals surface area (Å²) in [5.41, 5.74) is 0.109. The van der Waals surface area contributed by atoms with Crippen LogP contribution in [0.4, 0.5) is 0 Å². The Labute approximate surface area is 168 Å². The van der Waals surface area contributed by atoms with Crippen LogP contribution in [0.15, 0.2) is 53.4 Å². The Morgan fingerprint density at radius 3 is 2.38 bits per heavy atom. The second-order valence-electron chi connectivity index (χ2n) is 6.70. The molecule has 29 heavy (non-hydrogen) atoms. The molecule has 0 bridgehead atoms. The van der Waals surface area contributed by atoms with Crippen LogP contribution < -0.4 is 9.47 Å². The SMILES string of the molecule is N#Cc1ccccc1S(=O)(=O)N1CCN(C(=O)[C@H]2COc3ccccc3O2)CC1. The number of nitrogens with zero attached hydrogens (tertiary/aromatic N) is 3. The molecule has 2 aliphatic heterocycles. The van der Waals surface area contributed by atoms with E-state index in [2.05, 4.69) is 0 Å². The molecule has 0 aromatic heterocycles. The quantitative estimate of drug-likeness (QED) is 0.750. The summed E-state index contributed by atoms with van der Waals surface area (Å²) in [4.78, 5) is 14.4. The molecule has 0 saturated carbocycles. The van der Waals surface area contributed by atoms with E-state index in [1.165, 1.54) is 16.4 Å². The molecule has 4 rings (SSSR count). The maximum absolute atomic E-state index is 12.9. The van der Waals surface area contributed by atoms with Gasteiger partial charge < -0.3 is 14.4 Å². The van der Waals surface area contributed by atoms with Crippen molar-refractivity contribution in [1.29, 1.82) is 5.26 Å². The van der Waals surface area contributed by atoms with E-state index in [4.69, 9.17) is 9.47 Å². The molecule has 0 spiro atoms. The molecule has 1 fully saturated rings. The lowest BCUT2D eigenvalue weighted by Gasteiger charge is -2.36. The number of nitriles is 1. The molecule has 2 aliphatic rings. The Hall–Kier alpha value is -3.09. The van der Waals surface area contributed by atoms with E-state index in [0.717, 1.165) is 0 Å². The zero-order chi connectivity index (χ0) is 20.4. The van der Waals surface area contributed by atoms with Crippen molar-refractivity contribution in [3.05, 3.63) is 54.1 Å². The van der Waals surface area contributed by atoms with Crippen molar-refractivity contribution >= 4 is 15.9 Å². The van der Waals surface area contributed by atoms with Crippen LogP contribution in [0.2, 0.25) is 0 Å². The normalized spacial score (nSPS) is 19.4. The molecule has 1 amide bonds. The predicted molar refractivity (Wildman–Crippen MR) is 103 cm³/mol. The summed E-state index contributed by atoms with van der Waals surface area (Å²) >= 11 is 0. The third-order valence-corrected chi connectivity index (χ3v) is 6.92. The van der Waals surface area contributed by atoms with E-state index in [1.807, 2.05) is 12.1 Å². The van der Waals surface area contributed by atoms with Gasteiger partial charge in [0.05, 0.1) is 10.5 Å². The maximum Gasteiger partial charge on any atom is 0.267 e. The summed E-state index contributed by atoms with van der Waals surface area (Å²) < 4.78 is 38.5. The average Bonchev–Trinajstić information content (AvgIpc) is 2.78. The first-order valence-electron chi connectivity index (χ1n) is 9.17. The minimum Gasteiger partial charge on any atom is -0.485 e. The number of hydrogen-bond acceptors (Lipinski definition) is 6. The van der Waals surface area contributed by atoms with Crippen LogP contribution in [0.25, 0.3) is 0 Å². The van der Waals surface area contributed by atoms with Gasteiger partial charge in [0.15, 0.2) is 11.5 Å². The fourth-order valence-electron chi connectivity index (χ4n) is 3.42. The minimum atomic E-state index is -3.80. The Bertz CT molecular complexity index is 1070. The summed E-state index contributed by atoms with van der Waals surface area (Å²) in [6.07, 6.45) is -0.757. The first kappa shape index (κ1) is 19.2. The molecular weight excluding hydrogens is 394 g/mol. The van der Waals surface area contributed by atoms with Gasteiger partial charge in [0.2, 0.25) is 16.1 Å². The second-order valence-corrected chi connectivity index (χ2v) is 8.61. The number of hydrogen-bond donors (Lipinski definition) is 0. The molecule has 0 unspecified atom stereocenters. The van der Waals surface area contributed by atoms with Crippen LogP contribution in [0.3, 0.4) is 0 Å². The second kappa shape index (κ2) is 7.73. The van der Waals surface area contributed by atoms with Crippen molar-refractivity contribution in [2.75, 3.05) is 32.8 Å². The number of piperazine rings is 1. The van der Waals surface area contributed by atoms with Gasteiger partial charge in [-0.25, -0.2) is 8.42 Å². The van der Waals surface area contributed by atoms with Crippen molar-refractivity contribution < 1.29 is 22.7 Å². The molecule has 2 aromatic rings. The molecule has 1 atom stereocenters. The fourth-order valence-corrected chi connectivity index (χ4v) is 4.98. The van der Waals surface area contributed by atoms with E-state index < -0.39 is 16.1 Å². The van der Waals surface area contributed by atoms with Gasteiger partial charge in [0, 0.05) is 26.2 Å². The molecule has 9 heteroatoms. The fraction of sp³-hybridized carbons (Fsp3) is 0.300. The molecule has 0 radical (unpaired) electrons. The van der Waals surface area contributed by atoms with Gasteiger partial charge in [-0.15, -0.1) is 0 Å². The third-order valence-electron chi connectivity index (χ3n) is 4.96. The predicted octanol–water partition coefficient (Wildman–Crippen LogP) is 1.23. The average molecular weight is 413 g/mol. The summed E-state index contributed by atoms with van der Waals surface area (Å²) in [5.74, 6) is 0.893. The number of para-hydroxylation sites is 2. The van der Waals surface area contributed by atoms with Crippen molar-refractivity contribution in [1.82, 2.24) is 9.21 Å². The first-order valence-corrected chi connectivity index (χ1v) is 10.6. The van der Waals surface area contributed by atoms with Crippen LogP contribution >= 0.6 is 0 Å². The molecule has 8 nitrogen and oxygen atoms in total. The highest BCUT2D eigenvalue weighted by Crippen LogP contribution is 2.31. The number of fused-ring (bicyclic) bond motifs is 1. The molecule has 1 saturated heterocycles. The molecule has 0 N–H and O–H groups in total. The Balaban J connectivity index is 1.42. The topological polar surface area (TPSA) is 99.9 Å². The summed E-state index contributed by atoms with van der Waals surface area (Å²) in [6, 6.07) is 15.2. The van der Waals surface area contributed by atoms with Crippen LogP contribution in [0.5, 0.6) is 11.5 Å². The van der Waals surface area contributed by atoms with Gasteiger partial charge in [-0.1, -0.05) is 24.3 Å². The molecular formula is C20H19N3O5S. The summed E-state index contributed by atoms with van der Waals surface area (Å²) in [6.45, 7) is 0.905. The molecule has 150 valence electrons. The van der Waals surface area contributed by atoms with E-state index in [-0.39, 0.29) is 49.2 Å². The van der Waals surface area contributed by atoms with Crippen LogP contribution in [0.1, 0.15) is 5.56 Å². The van der Waals surface area contributed by atoms with Crippen molar-refractivity contribution in [3.8, 4) is 17.6 Å². The minimum absolute atomic E-state index is 0.0112. The number of amides is 1. The van der Waals surface area contributed by atoms with Crippen LogP contribution in [-0.4, -0.2) is 62.4 Å². The highest BCUT2D eigenvalue weighted by Gasteiger charge is 2.36. The van der Waals surface area contributed by atoms with Gasteiger partial charge in [0.1, 0.15) is 12.7 Å². The Kier molecular flexibility index (Phi) is 5.13. The zero-order valence-electron chi connectivity index (χ0n) is 15.5. The number of ether oxygens (including phenoxy) is 2. The van der Waals surface area contributed by atoms with E-state index in [0.29, 0.717) is 11.5 Å². The van der Waals surface area contributed by atoms with Gasteiger partial charge in [-0.3, -0.25) is 4.79 Å². The lowest BCUT2D eigenvalue weighted by molar-refractivity contribution is -0.142. The molecule has 0 aliphatic carbocycles. The molecule has 2 heterocycles. The largest absolute Gasteiger partial charge is 0.485 e. The number of carbonyl (C=O) groups is 1. The van der Waals surface area contributed by atoms with Gasteiger partial charge >= 0.3 is 0 Å². The van der Waals surface area contributed by atoms with Gasteiger partial charge in [0.25, 0.3) is 5.91 Å². The first-order chi connectivity index (χ1) is 14.0. The lowest BCUT2D eigenvalue weighted by Crippen LogP contribution is -2.55. The number of benzene rings is 2. The van der Waals surface area contributed by atoms with Crippen molar-refractivity contribution in [3.63, 3.8) is 0 Å². The maximum atomic E-state index is 12.9. The number of rotatable bonds is 3. The number of carbonyl (C=O) groups excluding carboxylic acids is 1.